The van der Waals surface area contributed by atoms with Crippen molar-refractivity contribution in [3.05, 3.63) is 77.4 Å². The molecule has 0 amide bonds. The summed E-state index contributed by atoms with van der Waals surface area (Å²) in [5.74, 6) is 0.601. The molecule has 1 fully saturated rings. The molecule has 1 aliphatic heterocycles. The molecule has 9 nitrogen and oxygen atoms in total. The highest BCUT2D eigenvalue weighted by Gasteiger charge is 2.30. The fourth-order valence-electron chi connectivity index (χ4n) is 4.63. The number of nitrogens with zero attached hydrogens (tertiary/aromatic N) is 5. The second kappa shape index (κ2) is 9.99. The average molecular weight is 567 g/mol. The molecule has 0 radical (unpaired) electrons. The van der Waals surface area contributed by atoms with Crippen molar-refractivity contribution in [3.63, 3.8) is 0 Å². The lowest BCUT2D eigenvalue weighted by Crippen LogP contribution is -2.45. The lowest BCUT2D eigenvalue weighted by Gasteiger charge is -2.32. The molecule has 2 N–H and O–H groups in total. The molecule has 1 saturated heterocycles. The van der Waals surface area contributed by atoms with E-state index in [2.05, 4.69) is 10.3 Å². The predicted molar refractivity (Wildman–Crippen MR) is 148 cm³/mol. The maximum absolute atomic E-state index is 13.2. The number of hydrogen-bond donors (Lipinski definition) is 2. The van der Waals surface area contributed by atoms with E-state index in [4.69, 9.17) is 21.6 Å². The normalized spacial score (nSPS) is 16.6. The molecule has 0 unspecified atom stereocenters. The molecule has 12 heteroatoms. The molecular formula is C26H23ClN6O3S2. The van der Waals surface area contributed by atoms with E-state index in [0.717, 1.165) is 28.3 Å². The van der Waals surface area contributed by atoms with E-state index in [9.17, 15) is 13.5 Å². The molecular weight excluding hydrogens is 544 g/mol. The van der Waals surface area contributed by atoms with Gasteiger partial charge in [-0.3, -0.25) is 4.40 Å². The van der Waals surface area contributed by atoms with Gasteiger partial charge in [0.25, 0.3) is 0 Å². The van der Waals surface area contributed by atoms with E-state index in [0.29, 0.717) is 36.2 Å². The number of anilines is 1. The van der Waals surface area contributed by atoms with Crippen molar-refractivity contribution in [1.82, 2.24) is 23.7 Å². The zero-order chi connectivity index (χ0) is 26.3. The van der Waals surface area contributed by atoms with E-state index < -0.39 is 10.0 Å². The van der Waals surface area contributed by atoms with Gasteiger partial charge in [0.1, 0.15) is 11.4 Å². The molecule has 5 aromatic rings. The fraction of sp³-hybridized carbons (Fsp3) is 0.192. The summed E-state index contributed by atoms with van der Waals surface area (Å²) in [5.41, 5.74) is 3.10. The molecule has 194 valence electrons. The quantitative estimate of drug-likeness (QED) is 0.292. The Morgan fingerprint density at radius 2 is 1.84 bits per heavy atom. The largest absolute Gasteiger partial charge is 0.508 e. The third-order valence-electron chi connectivity index (χ3n) is 6.47. The van der Waals surface area contributed by atoms with Gasteiger partial charge in [-0.05, 0) is 67.4 Å². The number of fused-ring (bicyclic) bond motifs is 1. The standard InChI is InChI=1S/C26H23ClN6O3S2/c27-18-5-9-21(10-6-18)38(35,36)32-13-1-2-19(16-32)29-25-28-12-11-22(30-25)24-23(17-3-7-20(34)8-4-17)31-26-33(24)14-15-37-26/h3-12,14-15,19,34H,1-2,13,16H2,(H,28,29,30)/t19-/m1/s1. The van der Waals surface area contributed by atoms with E-state index in [1.54, 1.807) is 30.5 Å². The van der Waals surface area contributed by atoms with Gasteiger partial charge in [0.15, 0.2) is 4.96 Å². The summed E-state index contributed by atoms with van der Waals surface area (Å²) in [7, 11) is -3.64. The highest BCUT2D eigenvalue weighted by Crippen LogP contribution is 2.34. The summed E-state index contributed by atoms with van der Waals surface area (Å²) >= 11 is 7.46. The Morgan fingerprint density at radius 3 is 2.63 bits per heavy atom. The van der Waals surface area contributed by atoms with Gasteiger partial charge in [-0.25, -0.2) is 23.4 Å². The van der Waals surface area contributed by atoms with Crippen molar-refractivity contribution in [3.8, 4) is 28.4 Å². The Kier molecular flexibility index (Phi) is 6.52. The third kappa shape index (κ3) is 4.73. The van der Waals surface area contributed by atoms with Gasteiger partial charge in [-0.1, -0.05) is 11.6 Å². The second-order valence-corrected chi connectivity index (χ2v) is 12.2. The third-order valence-corrected chi connectivity index (χ3v) is 9.36. The number of benzene rings is 2. The summed E-state index contributed by atoms with van der Waals surface area (Å²) in [6.07, 6.45) is 5.14. The van der Waals surface area contributed by atoms with Crippen molar-refractivity contribution in [2.75, 3.05) is 18.4 Å². The number of nitrogens with one attached hydrogen (secondary N) is 1. The lowest BCUT2D eigenvalue weighted by atomic mass is 10.1. The first-order valence-electron chi connectivity index (χ1n) is 12.0. The number of halogens is 1. The number of hydrogen-bond acceptors (Lipinski definition) is 8. The van der Waals surface area contributed by atoms with Crippen LogP contribution in [0.5, 0.6) is 5.75 Å². The summed E-state index contributed by atoms with van der Waals surface area (Å²) in [6.45, 7) is 0.755. The van der Waals surface area contributed by atoms with Crippen LogP contribution in [0.1, 0.15) is 12.8 Å². The minimum Gasteiger partial charge on any atom is -0.508 e. The van der Waals surface area contributed by atoms with Crippen LogP contribution < -0.4 is 5.32 Å². The number of phenols is 1. The fourth-order valence-corrected chi connectivity index (χ4v) is 6.99. The summed E-state index contributed by atoms with van der Waals surface area (Å²) in [6, 6.07) is 14.8. The smallest absolute Gasteiger partial charge is 0.243 e. The van der Waals surface area contributed by atoms with Crippen LogP contribution in [0.3, 0.4) is 0 Å². The van der Waals surface area contributed by atoms with Crippen LogP contribution in [-0.2, 0) is 10.0 Å². The Labute approximate surface area is 228 Å². The Morgan fingerprint density at radius 1 is 1.05 bits per heavy atom. The summed E-state index contributed by atoms with van der Waals surface area (Å²) in [4.78, 5) is 15.1. The van der Waals surface area contributed by atoms with Crippen LogP contribution in [0.4, 0.5) is 5.95 Å². The van der Waals surface area contributed by atoms with Crippen molar-refractivity contribution in [2.24, 2.45) is 0 Å². The summed E-state index contributed by atoms with van der Waals surface area (Å²) in [5, 5.41) is 15.5. The van der Waals surface area contributed by atoms with Gasteiger partial charge < -0.3 is 10.4 Å². The minimum atomic E-state index is -3.64. The molecule has 1 aliphatic rings. The SMILES string of the molecule is O=S(=O)(c1ccc(Cl)cc1)N1CCC[C@@H](Nc2nccc(-c3c(-c4ccc(O)cc4)nc4sccn34)n2)C1. The Hall–Kier alpha value is -3.51. The molecule has 2 aromatic carbocycles. The van der Waals surface area contributed by atoms with E-state index in [1.807, 2.05) is 34.2 Å². The maximum Gasteiger partial charge on any atom is 0.243 e. The molecule has 4 heterocycles. The monoisotopic (exact) mass is 566 g/mol. The van der Waals surface area contributed by atoms with Gasteiger partial charge in [0.05, 0.1) is 16.3 Å². The van der Waals surface area contributed by atoms with Crippen LogP contribution in [-0.4, -0.2) is 56.3 Å². The highest BCUT2D eigenvalue weighted by atomic mass is 35.5. The van der Waals surface area contributed by atoms with Gasteiger partial charge in [0.2, 0.25) is 16.0 Å². The second-order valence-electron chi connectivity index (χ2n) is 8.98. The minimum absolute atomic E-state index is 0.149. The number of thiazole rings is 1. The molecule has 1 atom stereocenters. The molecule has 38 heavy (non-hydrogen) atoms. The lowest BCUT2D eigenvalue weighted by molar-refractivity contribution is 0.326. The number of sulfonamides is 1. The predicted octanol–water partition coefficient (Wildman–Crippen LogP) is 5.14. The van der Waals surface area contributed by atoms with Crippen molar-refractivity contribution >= 4 is 43.9 Å². The van der Waals surface area contributed by atoms with Crippen LogP contribution in [0, 0.1) is 0 Å². The average Bonchev–Trinajstić information content (AvgIpc) is 3.51. The van der Waals surface area contributed by atoms with Crippen LogP contribution >= 0.6 is 22.9 Å². The van der Waals surface area contributed by atoms with Crippen LogP contribution in [0.25, 0.3) is 27.6 Å². The number of rotatable bonds is 6. The maximum atomic E-state index is 13.2. The first-order chi connectivity index (χ1) is 18.4. The molecule has 3 aromatic heterocycles. The first-order valence-corrected chi connectivity index (χ1v) is 14.7. The molecule has 0 spiro atoms. The van der Waals surface area contributed by atoms with E-state index in [1.165, 1.54) is 27.8 Å². The van der Waals surface area contributed by atoms with Gasteiger partial charge in [0, 0.05) is 47.5 Å². The number of phenolic OH excluding ortho intramolecular Hbond substituents is 1. The molecule has 0 bridgehead atoms. The van der Waals surface area contributed by atoms with Gasteiger partial charge in [-0.15, -0.1) is 11.3 Å². The summed E-state index contributed by atoms with van der Waals surface area (Å²) < 4.78 is 29.9. The number of aromatic nitrogens is 4. The zero-order valence-corrected chi connectivity index (χ0v) is 22.4. The molecule has 6 rings (SSSR count). The zero-order valence-electron chi connectivity index (χ0n) is 20.0. The first kappa shape index (κ1) is 24.8. The number of piperidine rings is 1. The topological polar surface area (TPSA) is 113 Å². The number of imidazole rings is 1. The Balaban J connectivity index is 1.27. The van der Waals surface area contributed by atoms with Gasteiger partial charge in [-0.2, -0.15) is 4.31 Å². The van der Waals surface area contributed by atoms with Gasteiger partial charge >= 0.3 is 0 Å². The highest BCUT2D eigenvalue weighted by molar-refractivity contribution is 7.89. The van der Waals surface area contributed by atoms with Crippen LogP contribution in [0.2, 0.25) is 5.02 Å². The van der Waals surface area contributed by atoms with E-state index >= 15 is 0 Å². The number of aromatic hydroxyl groups is 1. The molecule has 0 saturated carbocycles. The van der Waals surface area contributed by atoms with Crippen LogP contribution in [0.15, 0.2) is 77.3 Å². The van der Waals surface area contributed by atoms with Crippen molar-refractivity contribution < 1.29 is 13.5 Å². The molecule has 0 aliphatic carbocycles. The van der Waals surface area contributed by atoms with E-state index in [-0.39, 0.29) is 16.7 Å². The Bertz CT molecular complexity index is 1700. The van der Waals surface area contributed by atoms with Crippen molar-refractivity contribution in [2.45, 2.75) is 23.8 Å². The van der Waals surface area contributed by atoms with Crippen molar-refractivity contribution in [1.29, 1.82) is 0 Å².